The van der Waals surface area contributed by atoms with E-state index in [9.17, 15) is 5.41 Å². The monoisotopic (exact) mass is 398 g/mol. The molecule has 0 aliphatic heterocycles. The Bertz CT molecular complexity index is 283. The summed E-state index contributed by atoms with van der Waals surface area (Å²) in [6, 6.07) is 0. The first kappa shape index (κ1) is 26.2. The molecule has 0 spiro atoms. The van der Waals surface area contributed by atoms with E-state index in [4.69, 9.17) is 18.6 Å². The fourth-order valence-electron chi connectivity index (χ4n) is 3.52. The van der Waals surface area contributed by atoms with E-state index < -0.39 is 17.0 Å². The van der Waals surface area contributed by atoms with Crippen molar-refractivity contribution >= 4 is 24.3 Å². The normalized spacial score (nSPS) is 30.6. The number of hydrogen-bond acceptors (Lipinski definition) is 0. The molecule has 0 aromatic rings. The second kappa shape index (κ2) is 10.8. The molecule has 0 unspecified atom stereocenters. The Kier molecular flexibility index (Phi) is 12.3. The van der Waals surface area contributed by atoms with Gasteiger partial charge in [-0.25, -0.2) is 0 Å². The molecule has 1 aliphatic carbocycles. The van der Waals surface area contributed by atoms with Crippen LogP contribution in [0.15, 0.2) is 0 Å². The quantitative estimate of drug-likeness (QED) is 0.295. The predicted octanol–water partition coefficient (Wildman–Crippen LogP) is 7.65. The summed E-state index contributed by atoms with van der Waals surface area (Å²) in [6.07, 6.45) is 0. The minimum atomic E-state index is -0.556. The molecule has 1 fully saturated rings. The first-order chi connectivity index (χ1) is 10.1. The summed E-state index contributed by atoms with van der Waals surface area (Å²) in [5.74, 6) is 4.68. The van der Waals surface area contributed by atoms with Crippen LogP contribution < -0.4 is 0 Å². The van der Waals surface area contributed by atoms with Gasteiger partial charge in [0.25, 0.3) is 0 Å². The summed E-state index contributed by atoms with van der Waals surface area (Å²) < 4.78 is 0. The summed E-state index contributed by atoms with van der Waals surface area (Å²) in [5, 5.41) is 9.64. The average Bonchev–Trinajstić information content (AvgIpc) is 2.56. The molecule has 0 aromatic heterocycles. The van der Waals surface area contributed by atoms with Crippen molar-refractivity contribution in [2.75, 3.05) is 0 Å². The molecule has 0 bridgehead atoms. The van der Waals surface area contributed by atoms with Crippen LogP contribution in [0.25, 0.3) is 5.41 Å². The first-order valence-corrected chi connectivity index (χ1v) is 13.0. The van der Waals surface area contributed by atoms with E-state index in [1.165, 1.54) is 0 Å². The Labute approximate surface area is 162 Å². The minimum absolute atomic E-state index is 0.0851. The SMILES string of the molecule is CC(C)(C)C(=[N-])C(C)(C)C.CC1C(C)C(C)C(C)C1C.[Cl][Ti][Cl]. The zero-order chi connectivity index (χ0) is 19.2. The van der Waals surface area contributed by atoms with Crippen LogP contribution in [0.2, 0.25) is 0 Å². The second-order valence-electron chi connectivity index (χ2n) is 9.22. The molecule has 0 atom stereocenters. The van der Waals surface area contributed by atoms with Gasteiger partial charge in [-0.3, -0.25) is 0 Å². The Balaban J connectivity index is 0. The molecule has 1 saturated carbocycles. The van der Waals surface area contributed by atoms with Gasteiger partial charge >= 0.3 is 35.6 Å². The molecule has 138 valence electrons. The van der Waals surface area contributed by atoms with E-state index in [0.717, 1.165) is 29.6 Å². The third-order valence-corrected chi connectivity index (χ3v) is 5.57. The van der Waals surface area contributed by atoms with Crippen LogP contribution >= 0.6 is 18.6 Å². The standard InChI is InChI=1S/C10H20.C9H18N.2ClH.Ti/c1-6-7(2)9(4)10(5)8(6)3;1-8(2,3)7(10)9(4,5)6;;;/h6-10H,1-5H3;1-6H3;2*1H;/q;-1;;;+2/p-2. The van der Waals surface area contributed by atoms with E-state index in [1.54, 1.807) is 0 Å². The van der Waals surface area contributed by atoms with Gasteiger partial charge in [0.1, 0.15) is 0 Å². The average molecular weight is 399 g/mol. The van der Waals surface area contributed by atoms with E-state index >= 15 is 0 Å². The maximum atomic E-state index is 9.64. The van der Waals surface area contributed by atoms with Crippen LogP contribution in [0.4, 0.5) is 0 Å². The summed E-state index contributed by atoms with van der Waals surface area (Å²) in [7, 11) is 9.78. The third kappa shape index (κ3) is 9.29. The van der Waals surface area contributed by atoms with Crippen LogP contribution in [0.1, 0.15) is 76.2 Å². The Morgan fingerprint density at radius 1 is 0.652 bits per heavy atom. The van der Waals surface area contributed by atoms with Crippen molar-refractivity contribution in [2.45, 2.75) is 76.2 Å². The molecule has 4 heteroatoms. The van der Waals surface area contributed by atoms with Crippen molar-refractivity contribution in [3.63, 3.8) is 0 Å². The molecule has 23 heavy (non-hydrogen) atoms. The number of rotatable bonds is 0. The third-order valence-electron chi connectivity index (χ3n) is 5.57. The molecule has 1 aliphatic rings. The molecule has 0 heterocycles. The summed E-state index contributed by atoms with van der Waals surface area (Å²) >= 11 is -0.556. The zero-order valence-corrected chi connectivity index (χ0v) is 20.2. The summed E-state index contributed by atoms with van der Waals surface area (Å²) in [6.45, 7) is 24.1. The molecular formula is C19H38Cl2NTi-. The Morgan fingerprint density at radius 3 is 0.826 bits per heavy atom. The number of hydrogen-bond donors (Lipinski definition) is 0. The van der Waals surface area contributed by atoms with Gasteiger partial charge in [0.2, 0.25) is 0 Å². The van der Waals surface area contributed by atoms with E-state index in [2.05, 4.69) is 34.6 Å². The molecule has 0 N–H and O–H groups in total. The van der Waals surface area contributed by atoms with Gasteiger partial charge in [-0.2, -0.15) is 5.71 Å². The second-order valence-corrected chi connectivity index (χ2v) is 11.8. The zero-order valence-electron chi connectivity index (χ0n) is 17.1. The van der Waals surface area contributed by atoms with Gasteiger partial charge in [0.05, 0.1) is 0 Å². The van der Waals surface area contributed by atoms with E-state index in [1.807, 2.05) is 41.5 Å². The molecule has 0 saturated heterocycles. The van der Waals surface area contributed by atoms with Crippen LogP contribution in [0.3, 0.4) is 0 Å². The van der Waals surface area contributed by atoms with Gasteiger partial charge in [-0.1, -0.05) is 76.2 Å². The van der Waals surface area contributed by atoms with Crippen LogP contribution in [0.5, 0.6) is 0 Å². The number of nitrogens with zero attached hydrogens (tertiary/aromatic N) is 1. The molecule has 1 rings (SSSR count). The topological polar surface area (TPSA) is 22.3 Å². The van der Waals surface area contributed by atoms with Crippen molar-refractivity contribution in [2.24, 2.45) is 40.4 Å². The Morgan fingerprint density at radius 2 is 0.783 bits per heavy atom. The summed E-state index contributed by atoms with van der Waals surface area (Å²) in [4.78, 5) is 0. The molecular weight excluding hydrogens is 361 g/mol. The van der Waals surface area contributed by atoms with Gasteiger partial charge in [0.15, 0.2) is 0 Å². The van der Waals surface area contributed by atoms with Crippen molar-refractivity contribution in [3.8, 4) is 0 Å². The van der Waals surface area contributed by atoms with Crippen LogP contribution in [-0.2, 0) is 17.0 Å². The Hall–Kier alpha value is 0.964. The van der Waals surface area contributed by atoms with Crippen LogP contribution in [0, 0.1) is 40.4 Å². The van der Waals surface area contributed by atoms with Crippen molar-refractivity contribution in [1.29, 1.82) is 0 Å². The van der Waals surface area contributed by atoms with Crippen molar-refractivity contribution in [1.82, 2.24) is 0 Å². The predicted molar refractivity (Wildman–Crippen MR) is 105 cm³/mol. The molecule has 0 amide bonds. The van der Waals surface area contributed by atoms with E-state index in [-0.39, 0.29) is 10.8 Å². The molecule has 0 radical (unpaired) electrons. The van der Waals surface area contributed by atoms with Gasteiger partial charge in [-0.05, 0) is 40.4 Å². The van der Waals surface area contributed by atoms with Crippen LogP contribution in [-0.4, -0.2) is 5.71 Å². The molecule has 1 nitrogen and oxygen atoms in total. The summed E-state index contributed by atoms with van der Waals surface area (Å²) in [5.41, 5.74) is 0.399. The first-order valence-electron chi connectivity index (χ1n) is 8.65. The van der Waals surface area contributed by atoms with Crippen molar-refractivity contribution in [3.05, 3.63) is 5.41 Å². The fourth-order valence-corrected chi connectivity index (χ4v) is 3.52. The van der Waals surface area contributed by atoms with Crippen molar-refractivity contribution < 1.29 is 17.0 Å². The van der Waals surface area contributed by atoms with Gasteiger partial charge in [-0.15, -0.1) is 0 Å². The van der Waals surface area contributed by atoms with Gasteiger partial charge in [0, 0.05) is 0 Å². The molecule has 0 aromatic carbocycles. The van der Waals surface area contributed by atoms with Gasteiger partial charge < -0.3 is 5.41 Å². The number of halogens is 2. The fraction of sp³-hybridized carbons (Fsp3) is 0.947. The van der Waals surface area contributed by atoms with E-state index in [0.29, 0.717) is 5.71 Å². The maximum absolute atomic E-state index is 9.64.